The summed E-state index contributed by atoms with van der Waals surface area (Å²) in [5.74, 6) is -0.447. The van der Waals surface area contributed by atoms with Crippen LogP contribution < -0.4 is 4.90 Å². The predicted molar refractivity (Wildman–Crippen MR) is 78.2 cm³/mol. The molecule has 0 saturated carbocycles. The van der Waals surface area contributed by atoms with Crippen molar-refractivity contribution in [3.63, 3.8) is 0 Å². The molecule has 0 spiro atoms. The lowest BCUT2D eigenvalue weighted by atomic mass is 9.99. The molecule has 2 nitrogen and oxygen atoms in total. The van der Waals surface area contributed by atoms with Gasteiger partial charge in [0.25, 0.3) is 0 Å². The Balaban J connectivity index is 2.18. The van der Waals surface area contributed by atoms with E-state index >= 15 is 0 Å². The second-order valence-electron chi connectivity index (χ2n) is 5.08. The van der Waals surface area contributed by atoms with Crippen LogP contribution in [0.4, 0.5) is 15.8 Å². The zero-order valence-electron chi connectivity index (χ0n) is 11.4. The number of benzene rings is 2. The molecule has 1 heterocycles. The van der Waals surface area contributed by atoms with Gasteiger partial charge < -0.3 is 4.90 Å². The molecule has 0 aromatic heterocycles. The summed E-state index contributed by atoms with van der Waals surface area (Å²) < 4.78 is 14.3. The van der Waals surface area contributed by atoms with E-state index in [9.17, 15) is 9.18 Å². The van der Waals surface area contributed by atoms with Crippen molar-refractivity contribution in [3.8, 4) is 0 Å². The fraction of sp³-hybridized carbons (Fsp3) is 0.235. The van der Waals surface area contributed by atoms with E-state index in [4.69, 9.17) is 0 Å². The molecule has 1 aliphatic heterocycles. The van der Waals surface area contributed by atoms with Gasteiger partial charge in [-0.3, -0.25) is 4.79 Å². The van der Waals surface area contributed by atoms with Crippen LogP contribution >= 0.6 is 0 Å². The predicted octanol–water partition coefficient (Wildman–Crippen LogP) is 4.11. The van der Waals surface area contributed by atoms with E-state index < -0.39 is 0 Å². The minimum atomic E-state index is -0.339. The van der Waals surface area contributed by atoms with Crippen molar-refractivity contribution < 1.29 is 9.18 Å². The van der Waals surface area contributed by atoms with Crippen molar-refractivity contribution in [1.29, 1.82) is 0 Å². The number of carbonyl (C=O) groups excluding carboxylic acids is 1. The first-order chi connectivity index (χ1) is 9.68. The van der Waals surface area contributed by atoms with Crippen molar-refractivity contribution in [2.24, 2.45) is 0 Å². The van der Waals surface area contributed by atoms with Crippen LogP contribution in [-0.4, -0.2) is 12.3 Å². The molecule has 0 aliphatic carbocycles. The molecule has 3 heteroatoms. The smallest absolute Gasteiger partial charge is 0.162 e. The average Bonchev–Trinajstić information content (AvgIpc) is 2.46. The molecule has 2 aromatic carbocycles. The summed E-state index contributed by atoms with van der Waals surface area (Å²) in [7, 11) is 0. The number of para-hydroxylation sites is 2. The third-order valence-electron chi connectivity index (χ3n) is 3.75. The van der Waals surface area contributed by atoms with Crippen molar-refractivity contribution in [3.05, 3.63) is 59.4 Å². The van der Waals surface area contributed by atoms with Gasteiger partial charge in [0.1, 0.15) is 5.82 Å². The lowest BCUT2D eigenvalue weighted by molar-refractivity contribution is 0.101. The summed E-state index contributed by atoms with van der Waals surface area (Å²) in [4.78, 5) is 13.7. The van der Waals surface area contributed by atoms with Gasteiger partial charge in [-0.05, 0) is 43.5 Å². The third kappa shape index (κ3) is 2.09. The van der Waals surface area contributed by atoms with E-state index in [2.05, 4.69) is 6.07 Å². The van der Waals surface area contributed by atoms with Crippen LogP contribution in [0, 0.1) is 5.82 Å². The van der Waals surface area contributed by atoms with Gasteiger partial charge in [-0.1, -0.05) is 24.3 Å². The Hall–Kier alpha value is -2.16. The Bertz CT molecular complexity index is 666. The fourth-order valence-electron chi connectivity index (χ4n) is 2.84. The van der Waals surface area contributed by atoms with E-state index in [1.807, 2.05) is 23.1 Å². The van der Waals surface area contributed by atoms with Gasteiger partial charge >= 0.3 is 0 Å². The normalized spacial score (nSPS) is 14.0. The Labute approximate surface area is 117 Å². The van der Waals surface area contributed by atoms with Crippen molar-refractivity contribution in [1.82, 2.24) is 0 Å². The number of fused-ring (bicyclic) bond motifs is 1. The molecular weight excluding hydrogens is 253 g/mol. The zero-order valence-corrected chi connectivity index (χ0v) is 11.4. The van der Waals surface area contributed by atoms with Crippen LogP contribution in [0.5, 0.6) is 0 Å². The number of halogens is 1. The molecule has 0 fully saturated rings. The molecule has 0 saturated heterocycles. The number of carbonyl (C=O) groups is 1. The fourth-order valence-corrected chi connectivity index (χ4v) is 2.84. The van der Waals surface area contributed by atoms with Crippen LogP contribution in [0.25, 0.3) is 0 Å². The molecule has 0 amide bonds. The van der Waals surface area contributed by atoms with E-state index in [-0.39, 0.29) is 11.6 Å². The van der Waals surface area contributed by atoms with Crippen LogP contribution in [0.15, 0.2) is 42.5 Å². The maximum atomic E-state index is 14.3. The first-order valence-corrected chi connectivity index (χ1v) is 6.83. The summed E-state index contributed by atoms with van der Waals surface area (Å²) in [6.07, 6.45) is 1.96. The van der Waals surface area contributed by atoms with Gasteiger partial charge in [-0.2, -0.15) is 0 Å². The first-order valence-electron chi connectivity index (χ1n) is 6.83. The molecule has 102 valence electrons. The molecule has 1 aliphatic rings. The second kappa shape index (κ2) is 5.08. The Morgan fingerprint density at radius 2 is 1.95 bits per heavy atom. The summed E-state index contributed by atoms with van der Waals surface area (Å²) >= 11 is 0. The highest BCUT2D eigenvalue weighted by Crippen LogP contribution is 2.36. The van der Waals surface area contributed by atoms with E-state index in [1.54, 1.807) is 12.1 Å². The number of nitrogens with zero attached hydrogens (tertiary/aromatic N) is 1. The van der Waals surface area contributed by atoms with E-state index in [0.717, 1.165) is 25.1 Å². The van der Waals surface area contributed by atoms with Crippen molar-refractivity contribution >= 4 is 17.2 Å². The van der Waals surface area contributed by atoms with Gasteiger partial charge in [0, 0.05) is 17.8 Å². The average molecular weight is 269 g/mol. The van der Waals surface area contributed by atoms with Gasteiger partial charge in [0.2, 0.25) is 0 Å². The highest BCUT2D eigenvalue weighted by atomic mass is 19.1. The summed E-state index contributed by atoms with van der Waals surface area (Å²) in [6, 6.07) is 12.7. The quantitative estimate of drug-likeness (QED) is 0.765. The topological polar surface area (TPSA) is 20.3 Å². The number of anilines is 2. The van der Waals surface area contributed by atoms with Crippen molar-refractivity contribution in [2.75, 3.05) is 11.4 Å². The van der Waals surface area contributed by atoms with Gasteiger partial charge in [0.05, 0.1) is 5.69 Å². The molecule has 3 rings (SSSR count). The third-order valence-corrected chi connectivity index (χ3v) is 3.75. The molecule has 0 unspecified atom stereocenters. The molecule has 0 bridgehead atoms. The number of ketones is 1. The zero-order chi connectivity index (χ0) is 14.1. The Morgan fingerprint density at radius 3 is 2.75 bits per heavy atom. The van der Waals surface area contributed by atoms with Gasteiger partial charge in [-0.25, -0.2) is 4.39 Å². The molecule has 0 radical (unpaired) electrons. The van der Waals surface area contributed by atoms with Gasteiger partial charge in [0.15, 0.2) is 5.78 Å². The Morgan fingerprint density at radius 1 is 1.15 bits per heavy atom. The number of rotatable bonds is 2. The number of hydrogen-bond donors (Lipinski definition) is 0. The number of aryl methyl sites for hydroxylation is 1. The maximum absolute atomic E-state index is 14.3. The van der Waals surface area contributed by atoms with E-state index in [1.165, 1.54) is 18.6 Å². The van der Waals surface area contributed by atoms with Crippen LogP contribution in [0.2, 0.25) is 0 Å². The van der Waals surface area contributed by atoms with E-state index in [0.29, 0.717) is 11.3 Å². The summed E-state index contributed by atoms with van der Waals surface area (Å²) in [5.41, 5.74) is 3.07. The summed E-state index contributed by atoms with van der Waals surface area (Å²) in [6.45, 7) is 2.21. The largest absolute Gasteiger partial charge is 0.338 e. The maximum Gasteiger partial charge on any atom is 0.162 e. The molecule has 2 aromatic rings. The van der Waals surface area contributed by atoms with Crippen molar-refractivity contribution in [2.45, 2.75) is 19.8 Å². The number of hydrogen-bond acceptors (Lipinski definition) is 2. The van der Waals surface area contributed by atoms with Crippen LogP contribution in [-0.2, 0) is 6.42 Å². The standard InChI is InChI=1S/C17H16FNO/c1-12(20)14-8-4-9-15(18)17(14)19-11-5-7-13-6-2-3-10-16(13)19/h2-4,6,8-10H,5,7,11H2,1H3. The molecule has 20 heavy (non-hydrogen) atoms. The molecular formula is C17H16FNO. The minimum absolute atomic E-state index is 0.109. The highest BCUT2D eigenvalue weighted by molar-refractivity contribution is 6.00. The monoisotopic (exact) mass is 269 g/mol. The Kier molecular flexibility index (Phi) is 3.26. The van der Waals surface area contributed by atoms with Gasteiger partial charge in [-0.15, -0.1) is 0 Å². The molecule has 0 atom stereocenters. The highest BCUT2D eigenvalue weighted by Gasteiger charge is 2.24. The summed E-state index contributed by atoms with van der Waals surface area (Å²) in [5, 5.41) is 0. The van der Waals surface area contributed by atoms with Crippen LogP contribution in [0.3, 0.4) is 0 Å². The number of Topliss-reactive ketones (excluding diaryl/α,β-unsaturated/α-hetero) is 1. The first kappa shape index (κ1) is 12.9. The molecule has 0 N–H and O–H groups in total. The lowest BCUT2D eigenvalue weighted by Gasteiger charge is -2.32. The lowest BCUT2D eigenvalue weighted by Crippen LogP contribution is -2.26. The minimum Gasteiger partial charge on any atom is -0.338 e. The second-order valence-corrected chi connectivity index (χ2v) is 5.08. The van der Waals surface area contributed by atoms with Crippen LogP contribution in [0.1, 0.15) is 29.3 Å². The SMILES string of the molecule is CC(=O)c1cccc(F)c1N1CCCc2ccccc21.